The summed E-state index contributed by atoms with van der Waals surface area (Å²) in [6, 6.07) is 2.14. The minimum atomic E-state index is -0.444. The lowest BCUT2D eigenvalue weighted by Gasteiger charge is -2.36. The van der Waals surface area contributed by atoms with Gasteiger partial charge in [0.15, 0.2) is 0 Å². The molecular weight excluding hydrogens is 298 g/mol. The van der Waals surface area contributed by atoms with Gasteiger partial charge in [-0.25, -0.2) is 4.79 Å². The average Bonchev–Trinajstić information content (AvgIpc) is 2.94. The van der Waals surface area contributed by atoms with Crippen LogP contribution in [0.15, 0.2) is 23.8 Å². The van der Waals surface area contributed by atoms with Crippen LogP contribution >= 0.6 is 11.3 Å². The molecule has 0 N–H and O–H groups in total. The Bertz CT molecular complexity index is 669. The van der Waals surface area contributed by atoms with E-state index in [2.05, 4.69) is 21.3 Å². The first-order chi connectivity index (χ1) is 10.4. The zero-order chi connectivity index (χ0) is 15.7. The Kier molecular flexibility index (Phi) is 3.95. The zero-order valence-electron chi connectivity index (χ0n) is 13.2. The van der Waals surface area contributed by atoms with E-state index in [0.717, 1.165) is 18.8 Å². The van der Waals surface area contributed by atoms with Gasteiger partial charge in [0, 0.05) is 37.8 Å². The molecule has 1 aliphatic heterocycles. The van der Waals surface area contributed by atoms with E-state index in [-0.39, 0.29) is 6.09 Å². The van der Waals surface area contributed by atoms with Gasteiger partial charge in [-0.1, -0.05) is 0 Å². The van der Waals surface area contributed by atoms with Crippen molar-refractivity contribution in [3.05, 3.63) is 23.8 Å². The van der Waals surface area contributed by atoms with Crippen LogP contribution in [0.1, 0.15) is 20.8 Å². The Morgan fingerprint density at radius 1 is 1.23 bits per heavy atom. The van der Waals surface area contributed by atoms with E-state index in [0.29, 0.717) is 13.1 Å². The van der Waals surface area contributed by atoms with Gasteiger partial charge in [0.1, 0.15) is 5.60 Å². The Morgan fingerprint density at radius 3 is 2.64 bits per heavy atom. The van der Waals surface area contributed by atoms with E-state index in [1.165, 1.54) is 10.1 Å². The number of ether oxygens (including phenoxy) is 1. The number of hydrogen-bond acceptors (Lipinski definition) is 5. The maximum atomic E-state index is 12.1. The first-order valence-corrected chi connectivity index (χ1v) is 8.36. The molecule has 22 heavy (non-hydrogen) atoms. The van der Waals surface area contributed by atoms with Gasteiger partial charge in [-0.2, -0.15) is 0 Å². The molecule has 0 atom stereocenters. The van der Waals surface area contributed by atoms with Crippen LogP contribution in [0.3, 0.4) is 0 Å². The number of carbonyl (C=O) groups excluding carboxylic acids is 1. The van der Waals surface area contributed by atoms with Crippen LogP contribution in [-0.2, 0) is 4.74 Å². The Morgan fingerprint density at radius 2 is 1.95 bits per heavy atom. The fourth-order valence-electron chi connectivity index (χ4n) is 2.59. The molecule has 6 heteroatoms. The van der Waals surface area contributed by atoms with Crippen molar-refractivity contribution in [2.45, 2.75) is 26.4 Å². The van der Waals surface area contributed by atoms with Gasteiger partial charge in [-0.3, -0.25) is 4.98 Å². The smallest absolute Gasteiger partial charge is 0.410 e. The van der Waals surface area contributed by atoms with Gasteiger partial charge in [-0.15, -0.1) is 11.3 Å². The van der Waals surface area contributed by atoms with Crippen LogP contribution in [0.25, 0.3) is 10.1 Å². The molecule has 0 radical (unpaired) electrons. The van der Waals surface area contributed by atoms with Gasteiger partial charge in [-0.05, 0) is 32.2 Å². The number of hydrogen-bond donors (Lipinski definition) is 0. The molecule has 1 aliphatic rings. The van der Waals surface area contributed by atoms with Crippen LogP contribution < -0.4 is 4.90 Å². The monoisotopic (exact) mass is 319 g/mol. The zero-order valence-corrected chi connectivity index (χ0v) is 14.0. The van der Waals surface area contributed by atoms with Crippen LogP contribution in [0.5, 0.6) is 0 Å². The minimum absolute atomic E-state index is 0.223. The lowest BCUT2D eigenvalue weighted by molar-refractivity contribution is 0.0241. The predicted octanol–water partition coefficient (Wildman–Crippen LogP) is 3.35. The summed E-state index contributed by atoms with van der Waals surface area (Å²) in [5.74, 6) is 0. The second kappa shape index (κ2) is 5.76. The third kappa shape index (κ3) is 3.16. The highest BCUT2D eigenvalue weighted by atomic mass is 32.1. The van der Waals surface area contributed by atoms with Crippen molar-refractivity contribution in [3.8, 4) is 0 Å². The Balaban J connectivity index is 1.67. The number of pyridine rings is 1. The molecule has 0 bridgehead atoms. The quantitative estimate of drug-likeness (QED) is 0.808. The maximum Gasteiger partial charge on any atom is 0.410 e. The van der Waals surface area contributed by atoms with Crippen molar-refractivity contribution in [3.63, 3.8) is 0 Å². The Labute approximate surface area is 134 Å². The van der Waals surface area contributed by atoms with Gasteiger partial charge >= 0.3 is 6.09 Å². The molecule has 1 fully saturated rings. The van der Waals surface area contributed by atoms with E-state index in [9.17, 15) is 4.79 Å². The Hall–Kier alpha value is -1.82. The fraction of sp³-hybridized carbons (Fsp3) is 0.500. The number of fused-ring (bicyclic) bond motifs is 1. The standard InChI is InChI=1S/C16H21N3O2S/c1-16(2,3)21-15(20)19-7-5-18(6-8-19)13-10-17-11-14-12(13)4-9-22-14/h4,9-11H,5-8H2,1-3H3. The number of amides is 1. The summed E-state index contributed by atoms with van der Waals surface area (Å²) in [5, 5.41) is 3.33. The van der Waals surface area contributed by atoms with Gasteiger partial charge in [0.2, 0.25) is 0 Å². The van der Waals surface area contributed by atoms with Gasteiger partial charge < -0.3 is 14.5 Å². The number of thiophene rings is 1. The lowest BCUT2D eigenvalue weighted by Crippen LogP contribution is -2.50. The summed E-state index contributed by atoms with van der Waals surface area (Å²) in [4.78, 5) is 20.5. The van der Waals surface area contributed by atoms with Crippen LogP contribution in [-0.4, -0.2) is 47.8 Å². The number of nitrogens with zero attached hydrogens (tertiary/aromatic N) is 3. The van der Waals surface area contributed by atoms with Crippen LogP contribution in [0.4, 0.5) is 10.5 Å². The van der Waals surface area contributed by atoms with Crippen molar-refractivity contribution in [1.29, 1.82) is 0 Å². The third-order valence-corrected chi connectivity index (χ3v) is 4.48. The maximum absolute atomic E-state index is 12.1. The van der Waals surface area contributed by atoms with E-state index in [1.807, 2.05) is 33.2 Å². The summed E-state index contributed by atoms with van der Waals surface area (Å²) in [6.07, 6.45) is 3.59. The minimum Gasteiger partial charge on any atom is -0.444 e. The van der Waals surface area contributed by atoms with Crippen LogP contribution in [0.2, 0.25) is 0 Å². The van der Waals surface area contributed by atoms with Crippen LogP contribution in [0, 0.1) is 0 Å². The highest BCUT2D eigenvalue weighted by Crippen LogP contribution is 2.30. The van der Waals surface area contributed by atoms with E-state index in [1.54, 1.807) is 16.2 Å². The van der Waals surface area contributed by atoms with E-state index < -0.39 is 5.60 Å². The first kappa shape index (κ1) is 15.1. The highest BCUT2D eigenvalue weighted by molar-refractivity contribution is 7.17. The first-order valence-electron chi connectivity index (χ1n) is 7.48. The molecule has 0 aliphatic carbocycles. The van der Waals surface area contributed by atoms with Crippen molar-refractivity contribution >= 4 is 33.2 Å². The fourth-order valence-corrected chi connectivity index (χ4v) is 3.36. The number of aromatic nitrogens is 1. The molecule has 0 aromatic carbocycles. The molecule has 1 amide bonds. The molecule has 2 aromatic heterocycles. The number of carbonyl (C=O) groups is 1. The number of piperazine rings is 1. The lowest BCUT2D eigenvalue weighted by atomic mass is 10.2. The summed E-state index contributed by atoms with van der Waals surface area (Å²) in [5.41, 5.74) is 0.711. The summed E-state index contributed by atoms with van der Waals surface area (Å²) in [7, 11) is 0. The molecule has 118 valence electrons. The van der Waals surface area contributed by atoms with Gasteiger partial charge in [0.25, 0.3) is 0 Å². The average molecular weight is 319 g/mol. The molecule has 2 aromatic rings. The molecule has 0 saturated carbocycles. The van der Waals surface area contributed by atoms with Crippen molar-refractivity contribution in [1.82, 2.24) is 9.88 Å². The normalized spacial score (nSPS) is 16.1. The summed E-state index contributed by atoms with van der Waals surface area (Å²) < 4.78 is 6.63. The second-order valence-electron chi connectivity index (χ2n) is 6.45. The number of rotatable bonds is 1. The molecule has 0 spiro atoms. The molecule has 3 rings (SSSR count). The molecule has 5 nitrogen and oxygen atoms in total. The van der Waals surface area contributed by atoms with Crippen molar-refractivity contribution in [2.24, 2.45) is 0 Å². The summed E-state index contributed by atoms with van der Waals surface area (Å²) >= 11 is 1.70. The third-order valence-electron chi connectivity index (χ3n) is 3.63. The van der Waals surface area contributed by atoms with Gasteiger partial charge in [0.05, 0.1) is 16.6 Å². The van der Waals surface area contributed by atoms with E-state index >= 15 is 0 Å². The predicted molar refractivity (Wildman–Crippen MR) is 89.6 cm³/mol. The largest absolute Gasteiger partial charge is 0.444 e. The molecule has 0 unspecified atom stereocenters. The SMILES string of the molecule is CC(C)(C)OC(=O)N1CCN(c2cncc3sccc23)CC1. The summed E-state index contributed by atoms with van der Waals surface area (Å²) in [6.45, 7) is 8.63. The molecule has 1 saturated heterocycles. The van der Waals surface area contributed by atoms with Crippen molar-refractivity contribution in [2.75, 3.05) is 31.1 Å². The highest BCUT2D eigenvalue weighted by Gasteiger charge is 2.26. The van der Waals surface area contributed by atoms with E-state index in [4.69, 9.17) is 4.74 Å². The second-order valence-corrected chi connectivity index (χ2v) is 7.39. The van der Waals surface area contributed by atoms with Crippen molar-refractivity contribution < 1.29 is 9.53 Å². The molecule has 3 heterocycles. The topological polar surface area (TPSA) is 45.7 Å². The molecular formula is C16H21N3O2S. The number of anilines is 1.